The smallest absolute Gasteiger partial charge is 0.326 e. The number of rotatable bonds is 7. The van der Waals surface area contributed by atoms with E-state index < -0.39 is 23.9 Å². The normalized spacial score (nSPS) is 11.4. The van der Waals surface area contributed by atoms with Crippen LogP contribution in [0.5, 0.6) is 5.75 Å². The van der Waals surface area contributed by atoms with Gasteiger partial charge in [0.15, 0.2) is 6.10 Å². The van der Waals surface area contributed by atoms with E-state index in [2.05, 4.69) is 10.6 Å². The van der Waals surface area contributed by atoms with Gasteiger partial charge in [-0.2, -0.15) is 0 Å². The number of hydrogen-bond donors (Lipinski definition) is 2. The summed E-state index contributed by atoms with van der Waals surface area (Å²) in [5.74, 6) is -1.09. The maximum atomic E-state index is 12.4. The minimum absolute atomic E-state index is 0.351. The van der Waals surface area contributed by atoms with Crippen molar-refractivity contribution in [1.29, 1.82) is 0 Å². The summed E-state index contributed by atoms with van der Waals surface area (Å²) in [6.45, 7) is 1.12. The van der Waals surface area contributed by atoms with Crippen molar-refractivity contribution >= 4 is 34.2 Å². The standard InChI is InChI=1S/C23H22N2O5/c1-15(22(27)25-20-12-6-8-16-7-3-4-11-19(16)20)30-21(26)14-24-23(28)17-9-5-10-18(13-17)29-2/h3-13,15H,14H2,1-2H3,(H,24,28)(H,25,27). The maximum absolute atomic E-state index is 12.4. The van der Waals surface area contributed by atoms with E-state index in [1.165, 1.54) is 14.0 Å². The van der Waals surface area contributed by atoms with Crippen molar-refractivity contribution in [3.05, 3.63) is 72.3 Å². The number of benzene rings is 3. The lowest BCUT2D eigenvalue weighted by molar-refractivity contribution is -0.152. The Bertz CT molecular complexity index is 1070. The molecule has 154 valence electrons. The molecule has 2 N–H and O–H groups in total. The number of anilines is 1. The molecule has 0 bridgehead atoms. The molecule has 2 amide bonds. The van der Waals surface area contributed by atoms with Gasteiger partial charge in [-0.25, -0.2) is 0 Å². The van der Waals surface area contributed by atoms with Crippen LogP contribution in [0.3, 0.4) is 0 Å². The second kappa shape index (κ2) is 9.56. The first kappa shape index (κ1) is 20.9. The minimum Gasteiger partial charge on any atom is -0.497 e. The molecule has 3 aromatic carbocycles. The van der Waals surface area contributed by atoms with Crippen LogP contribution < -0.4 is 15.4 Å². The summed E-state index contributed by atoms with van der Waals surface area (Å²) in [6.07, 6.45) is -1.02. The molecule has 1 atom stereocenters. The fourth-order valence-electron chi connectivity index (χ4n) is 2.88. The third kappa shape index (κ3) is 5.14. The Morgan fingerprint density at radius 1 is 0.967 bits per heavy atom. The van der Waals surface area contributed by atoms with Crippen molar-refractivity contribution < 1.29 is 23.9 Å². The van der Waals surface area contributed by atoms with Gasteiger partial charge < -0.3 is 20.1 Å². The van der Waals surface area contributed by atoms with Gasteiger partial charge in [0, 0.05) is 16.6 Å². The third-order valence-electron chi connectivity index (χ3n) is 4.45. The summed E-state index contributed by atoms with van der Waals surface area (Å²) in [4.78, 5) is 36.6. The summed E-state index contributed by atoms with van der Waals surface area (Å²) in [6, 6.07) is 19.7. The number of carbonyl (C=O) groups excluding carboxylic acids is 3. The first-order chi connectivity index (χ1) is 14.5. The van der Waals surface area contributed by atoms with E-state index in [0.29, 0.717) is 17.0 Å². The van der Waals surface area contributed by atoms with Crippen molar-refractivity contribution in [3.8, 4) is 5.75 Å². The first-order valence-corrected chi connectivity index (χ1v) is 9.38. The maximum Gasteiger partial charge on any atom is 0.326 e. The zero-order chi connectivity index (χ0) is 21.5. The number of esters is 1. The Morgan fingerprint density at radius 3 is 2.50 bits per heavy atom. The van der Waals surface area contributed by atoms with Crippen molar-refractivity contribution in [1.82, 2.24) is 5.32 Å². The van der Waals surface area contributed by atoms with E-state index >= 15 is 0 Å². The van der Waals surface area contributed by atoms with Gasteiger partial charge in [0.2, 0.25) is 0 Å². The second-order valence-corrected chi connectivity index (χ2v) is 6.56. The molecule has 0 aromatic heterocycles. The van der Waals surface area contributed by atoms with Crippen molar-refractivity contribution in [3.63, 3.8) is 0 Å². The van der Waals surface area contributed by atoms with Crippen LogP contribution in [0.15, 0.2) is 66.7 Å². The molecule has 1 unspecified atom stereocenters. The van der Waals surface area contributed by atoms with Gasteiger partial charge in [-0.15, -0.1) is 0 Å². The fourth-order valence-corrected chi connectivity index (χ4v) is 2.88. The molecule has 30 heavy (non-hydrogen) atoms. The summed E-state index contributed by atoms with van der Waals surface area (Å²) < 4.78 is 10.2. The van der Waals surface area contributed by atoms with E-state index in [0.717, 1.165) is 10.8 Å². The lowest BCUT2D eigenvalue weighted by Crippen LogP contribution is -2.35. The van der Waals surface area contributed by atoms with Crippen molar-refractivity contribution in [2.24, 2.45) is 0 Å². The Hall–Kier alpha value is -3.87. The summed E-state index contributed by atoms with van der Waals surface area (Å²) in [5, 5.41) is 7.12. The van der Waals surface area contributed by atoms with Gasteiger partial charge in [-0.1, -0.05) is 42.5 Å². The molecule has 0 aliphatic heterocycles. The van der Waals surface area contributed by atoms with Crippen LogP contribution in [0.1, 0.15) is 17.3 Å². The molecule has 7 nitrogen and oxygen atoms in total. The molecule has 0 aliphatic rings. The van der Waals surface area contributed by atoms with Crippen molar-refractivity contribution in [2.45, 2.75) is 13.0 Å². The molecular weight excluding hydrogens is 384 g/mol. The van der Waals surface area contributed by atoms with Gasteiger partial charge in [-0.05, 0) is 36.6 Å². The number of amides is 2. The van der Waals surface area contributed by atoms with Gasteiger partial charge >= 0.3 is 5.97 Å². The highest BCUT2D eigenvalue weighted by Gasteiger charge is 2.19. The zero-order valence-corrected chi connectivity index (χ0v) is 16.7. The quantitative estimate of drug-likeness (QED) is 0.588. The largest absolute Gasteiger partial charge is 0.497 e. The molecule has 0 aliphatic carbocycles. The number of nitrogens with one attached hydrogen (secondary N) is 2. The van der Waals surface area contributed by atoms with Crippen LogP contribution >= 0.6 is 0 Å². The van der Waals surface area contributed by atoms with Crippen LogP contribution in [-0.4, -0.2) is 37.5 Å². The molecule has 0 heterocycles. The van der Waals surface area contributed by atoms with Crippen LogP contribution in [0, 0.1) is 0 Å². The topological polar surface area (TPSA) is 93.7 Å². The van der Waals surface area contributed by atoms with E-state index in [9.17, 15) is 14.4 Å². The molecule has 3 aromatic rings. The van der Waals surface area contributed by atoms with E-state index in [1.54, 1.807) is 30.3 Å². The van der Waals surface area contributed by atoms with Gasteiger partial charge in [0.05, 0.1) is 7.11 Å². The summed E-state index contributed by atoms with van der Waals surface area (Å²) in [7, 11) is 1.50. The monoisotopic (exact) mass is 406 g/mol. The number of ether oxygens (including phenoxy) is 2. The lowest BCUT2D eigenvalue weighted by Gasteiger charge is -2.15. The minimum atomic E-state index is -1.02. The van der Waals surface area contributed by atoms with E-state index in [-0.39, 0.29) is 6.54 Å². The third-order valence-corrected chi connectivity index (χ3v) is 4.45. The van der Waals surface area contributed by atoms with E-state index in [4.69, 9.17) is 9.47 Å². The van der Waals surface area contributed by atoms with Gasteiger partial charge in [0.1, 0.15) is 12.3 Å². The highest BCUT2D eigenvalue weighted by molar-refractivity contribution is 6.04. The average Bonchev–Trinajstić information content (AvgIpc) is 2.77. The molecular formula is C23H22N2O5. The number of fused-ring (bicyclic) bond motifs is 1. The predicted molar refractivity (Wildman–Crippen MR) is 113 cm³/mol. The van der Waals surface area contributed by atoms with Crippen LogP contribution in [-0.2, 0) is 14.3 Å². The Balaban J connectivity index is 1.53. The molecule has 3 rings (SSSR count). The zero-order valence-electron chi connectivity index (χ0n) is 16.7. The molecule has 0 fully saturated rings. The molecule has 0 spiro atoms. The second-order valence-electron chi connectivity index (χ2n) is 6.56. The van der Waals surface area contributed by atoms with E-state index in [1.807, 2.05) is 36.4 Å². The van der Waals surface area contributed by atoms with Crippen molar-refractivity contribution in [2.75, 3.05) is 19.0 Å². The number of carbonyl (C=O) groups is 3. The molecule has 0 saturated carbocycles. The molecule has 7 heteroatoms. The number of hydrogen-bond acceptors (Lipinski definition) is 5. The fraction of sp³-hybridized carbons (Fsp3) is 0.174. The predicted octanol–water partition coefficient (Wildman–Crippen LogP) is 3.15. The SMILES string of the molecule is COc1cccc(C(=O)NCC(=O)OC(C)C(=O)Nc2cccc3ccccc23)c1. The van der Waals surface area contributed by atoms with Gasteiger partial charge in [0.25, 0.3) is 11.8 Å². The molecule has 0 saturated heterocycles. The first-order valence-electron chi connectivity index (χ1n) is 9.38. The average molecular weight is 406 g/mol. The summed E-state index contributed by atoms with van der Waals surface area (Å²) >= 11 is 0. The Morgan fingerprint density at radius 2 is 1.70 bits per heavy atom. The lowest BCUT2D eigenvalue weighted by atomic mass is 10.1. The Labute approximate surface area is 174 Å². The van der Waals surface area contributed by atoms with Gasteiger partial charge in [-0.3, -0.25) is 14.4 Å². The summed E-state index contributed by atoms with van der Waals surface area (Å²) in [5.41, 5.74) is 0.983. The molecule has 0 radical (unpaired) electrons. The van der Waals surface area contributed by atoms with Crippen LogP contribution in [0.4, 0.5) is 5.69 Å². The Kier molecular flexibility index (Phi) is 6.64. The number of methoxy groups -OCH3 is 1. The van der Waals surface area contributed by atoms with Crippen LogP contribution in [0.2, 0.25) is 0 Å². The van der Waals surface area contributed by atoms with Crippen LogP contribution in [0.25, 0.3) is 10.8 Å². The highest BCUT2D eigenvalue weighted by atomic mass is 16.5. The highest BCUT2D eigenvalue weighted by Crippen LogP contribution is 2.23.